The first-order valence-electron chi connectivity index (χ1n) is 17.2. The van der Waals surface area contributed by atoms with Gasteiger partial charge in [0, 0.05) is 71.9 Å². The predicted octanol–water partition coefficient (Wildman–Crippen LogP) is 6.59. The Morgan fingerprint density at radius 1 is 0.960 bits per heavy atom. The summed E-state index contributed by atoms with van der Waals surface area (Å²) in [5, 5.41) is 25.5. The number of aryl methyl sites for hydroxylation is 3. The minimum Gasteiger partial charge on any atom is -0.392 e. The summed E-state index contributed by atoms with van der Waals surface area (Å²) in [6.45, 7) is 8.57. The van der Waals surface area contributed by atoms with E-state index in [9.17, 15) is 14.7 Å². The quantitative estimate of drug-likeness (QED) is 0.116. The number of carbonyl (C=O) groups excluding carboxylic acids is 2. The van der Waals surface area contributed by atoms with Crippen molar-refractivity contribution in [2.75, 3.05) is 18.5 Å². The third-order valence-electron chi connectivity index (χ3n) is 9.11. The van der Waals surface area contributed by atoms with Crippen LogP contribution >= 0.6 is 11.6 Å². The van der Waals surface area contributed by atoms with Crippen molar-refractivity contribution >= 4 is 40.1 Å². The van der Waals surface area contributed by atoms with Gasteiger partial charge >= 0.3 is 0 Å². The lowest BCUT2D eigenvalue weighted by Crippen LogP contribution is -2.30. The molecule has 3 aromatic carbocycles. The van der Waals surface area contributed by atoms with E-state index in [0.29, 0.717) is 42.3 Å². The van der Waals surface area contributed by atoms with Crippen LogP contribution in [-0.2, 0) is 37.4 Å². The molecule has 260 valence electrons. The van der Waals surface area contributed by atoms with E-state index in [2.05, 4.69) is 28.0 Å². The molecule has 1 aliphatic rings. The van der Waals surface area contributed by atoms with Crippen LogP contribution in [0.5, 0.6) is 0 Å². The number of hydrogen-bond donors (Lipinski definition) is 4. The summed E-state index contributed by atoms with van der Waals surface area (Å²) in [4.78, 5) is 32.0. The van der Waals surface area contributed by atoms with Crippen LogP contribution in [-0.4, -0.2) is 50.9 Å². The van der Waals surface area contributed by atoms with E-state index in [1.807, 2.05) is 61.1 Å². The lowest BCUT2D eigenvalue weighted by atomic mass is 10.0. The second-order valence-corrected chi connectivity index (χ2v) is 13.0. The summed E-state index contributed by atoms with van der Waals surface area (Å²) >= 11 is 6.51. The Kier molecular flexibility index (Phi) is 11.1. The van der Waals surface area contributed by atoms with Gasteiger partial charge in [0.2, 0.25) is 0 Å². The average molecular weight is 695 g/mol. The van der Waals surface area contributed by atoms with E-state index < -0.39 is 0 Å². The molecule has 2 amide bonds. The van der Waals surface area contributed by atoms with Crippen molar-refractivity contribution in [3.63, 3.8) is 0 Å². The normalized spacial score (nSPS) is 13.4. The Balaban J connectivity index is 1.18. The molecule has 1 fully saturated rings. The van der Waals surface area contributed by atoms with Gasteiger partial charge in [-0.15, -0.1) is 0 Å². The predicted molar refractivity (Wildman–Crippen MR) is 196 cm³/mol. The number of aliphatic hydroxyl groups excluding tert-OH is 1. The van der Waals surface area contributed by atoms with E-state index in [4.69, 9.17) is 21.3 Å². The van der Waals surface area contributed by atoms with Crippen LogP contribution in [0.15, 0.2) is 66.9 Å². The number of amides is 2. The van der Waals surface area contributed by atoms with Crippen LogP contribution in [0.1, 0.15) is 75.4 Å². The number of fused-ring (bicyclic) bond motifs is 1. The number of carbonyl (C=O) groups is 2. The molecule has 3 heterocycles. The molecule has 0 aliphatic carbocycles. The molecule has 0 spiro atoms. The molecule has 1 saturated heterocycles. The van der Waals surface area contributed by atoms with Gasteiger partial charge in [-0.25, -0.2) is 9.67 Å². The standard InChI is InChI=1S/C39H43ClN6O4/c1-4-35-32(36(44-30-11-13-50-14-12-30)33-22-43-46(5-2)37(33)45-35)21-42-39(49)29-16-24(3)15-28(19-29)38(48)41-20-25-9-10-34(40)31(18-25)27-8-6-7-26(17-27)23-47/h6-10,15-19,22,30,47H,4-5,11-14,20-21,23H2,1-3H3,(H,41,48)(H,42,49)(H,44,45). The molecule has 2 aromatic heterocycles. The lowest BCUT2D eigenvalue weighted by Gasteiger charge is -2.26. The number of aliphatic hydroxyl groups is 1. The van der Waals surface area contributed by atoms with Crippen molar-refractivity contribution in [1.29, 1.82) is 0 Å². The van der Waals surface area contributed by atoms with Gasteiger partial charge in [0.25, 0.3) is 11.8 Å². The third-order valence-corrected chi connectivity index (χ3v) is 9.44. The topological polar surface area (TPSA) is 130 Å². The zero-order valence-corrected chi connectivity index (χ0v) is 29.4. The number of hydrogen-bond acceptors (Lipinski definition) is 7. The number of benzene rings is 3. The molecule has 50 heavy (non-hydrogen) atoms. The fraction of sp³-hybridized carbons (Fsp3) is 0.333. The molecule has 0 atom stereocenters. The first-order chi connectivity index (χ1) is 24.3. The molecule has 4 N–H and O–H groups in total. The average Bonchev–Trinajstić information content (AvgIpc) is 3.56. The number of rotatable bonds is 12. The van der Waals surface area contributed by atoms with Crippen molar-refractivity contribution in [2.24, 2.45) is 0 Å². The van der Waals surface area contributed by atoms with E-state index in [-0.39, 0.29) is 37.6 Å². The zero-order valence-electron chi connectivity index (χ0n) is 28.7. The SMILES string of the molecule is CCc1nc2c(cnn2CC)c(NC2CCOCC2)c1CNC(=O)c1cc(C)cc(C(=O)NCc2ccc(Cl)c(-c3cccc(CO)c3)c2)c1. The van der Waals surface area contributed by atoms with Crippen LogP contribution in [0.25, 0.3) is 22.2 Å². The number of nitrogens with one attached hydrogen (secondary N) is 3. The summed E-state index contributed by atoms with van der Waals surface area (Å²) < 4.78 is 7.49. The minimum atomic E-state index is -0.291. The van der Waals surface area contributed by atoms with Gasteiger partial charge in [-0.1, -0.05) is 42.8 Å². The van der Waals surface area contributed by atoms with Crippen LogP contribution in [0.3, 0.4) is 0 Å². The number of nitrogens with zero attached hydrogens (tertiary/aromatic N) is 3. The molecular weight excluding hydrogens is 652 g/mol. The highest BCUT2D eigenvalue weighted by molar-refractivity contribution is 6.33. The van der Waals surface area contributed by atoms with Crippen LogP contribution in [0, 0.1) is 6.92 Å². The number of pyridine rings is 1. The maximum absolute atomic E-state index is 13.6. The Hall–Kier alpha value is -4.77. The highest BCUT2D eigenvalue weighted by atomic mass is 35.5. The van der Waals surface area contributed by atoms with E-state index >= 15 is 0 Å². The van der Waals surface area contributed by atoms with E-state index in [0.717, 1.165) is 68.6 Å². The van der Waals surface area contributed by atoms with Gasteiger partial charge in [0.15, 0.2) is 5.65 Å². The molecule has 0 bridgehead atoms. The molecule has 6 rings (SSSR count). The van der Waals surface area contributed by atoms with Crippen LogP contribution in [0.4, 0.5) is 5.69 Å². The number of aromatic nitrogens is 3. The molecular formula is C39H43ClN6O4. The van der Waals surface area contributed by atoms with Crippen molar-refractivity contribution in [1.82, 2.24) is 25.4 Å². The Labute approximate surface area is 297 Å². The minimum absolute atomic E-state index is 0.0647. The van der Waals surface area contributed by atoms with Crippen molar-refractivity contribution in [3.05, 3.63) is 111 Å². The molecule has 0 saturated carbocycles. The monoisotopic (exact) mass is 694 g/mol. The summed E-state index contributed by atoms with van der Waals surface area (Å²) in [6.07, 6.45) is 4.33. The number of ether oxygens (including phenoxy) is 1. The van der Waals surface area contributed by atoms with Crippen LogP contribution in [0.2, 0.25) is 5.02 Å². The Bertz CT molecular complexity index is 2020. The largest absolute Gasteiger partial charge is 0.392 e. The van der Waals surface area contributed by atoms with Gasteiger partial charge in [0.1, 0.15) is 0 Å². The summed E-state index contributed by atoms with van der Waals surface area (Å²) in [6, 6.07) is 18.6. The zero-order chi connectivity index (χ0) is 35.2. The fourth-order valence-corrected chi connectivity index (χ4v) is 6.67. The Morgan fingerprint density at radius 2 is 1.70 bits per heavy atom. The molecule has 5 aromatic rings. The molecule has 1 aliphatic heterocycles. The Morgan fingerprint density at radius 3 is 2.40 bits per heavy atom. The van der Waals surface area contributed by atoms with Gasteiger partial charge in [-0.05, 0) is 91.8 Å². The second kappa shape index (κ2) is 15.8. The highest BCUT2D eigenvalue weighted by Crippen LogP contribution is 2.32. The van der Waals surface area contributed by atoms with Gasteiger partial charge in [-0.3, -0.25) is 9.59 Å². The van der Waals surface area contributed by atoms with E-state index in [1.54, 1.807) is 24.3 Å². The maximum Gasteiger partial charge on any atom is 0.251 e. The highest BCUT2D eigenvalue weighted by Gasteiger charge is 2.22. The lowest BCUT2D eigenvalue weighted by molar-refractivity contribution is 0.0904. The summed E-state index contributed by atoms with van der Waals surface area (Å²) in [5.74, 6) is -0.570. The summed E-state index contributed by atoms with van der Waals surface area (Å²) in [7, 11) is 0. The first-order valence-corrected chi connectivity index (χ1v) is 17.5. The second-order valence-electron chi connectivity index (χ2n) is 12.6. The first kappa shape index (κ1) is 35.1. The number of anilines is 1. The summed E-state index contributed by atoms with van der Waals surface area (Å²) in [5.41, 5.74) is 8.56. The van der Waals surface area contributed by atoms with Crippen LogP contribution < -0.4 is 16.0 Å². The number of halogens is 1. The van der Waals surface area contributed by atoms with Gasteiger partial charge in [0.05, 0.1) is 23.9 Å². The third kappa shape index (κ3) is 7.83. The van der Waals surface area contributed by atoms with E-state index in [1.165, 1.54) is 0 Å². The molecule has 11 heteroatoms. The van der Waals surface area contributed by atoms with Gasteiger partial charge in [-0.2, -0.15) is 5.10 Å². The van der Waals surface area contributed by atoms with Crippen molar-refractivity contribution in [3.8, 4) is 11.1 Å². The van der Waals surface area contributed by atoms with Gasteiger partial charge < -0.3 is 25.8 Å². The molecule has 10 nitrogen and oxygen atoms in total. The fourth-order valence-electron chi connectivity index (χ4n) is 6.44. The van der Waals surface area contributed by atoms with Crippen molar-refractivity contribution < 1.29 is 19.4 Å². The smallest absolute Gasteiger partial charge is 0.251 e. The molecule has 0 unspecified atom stereocenters. The molecule has 0 radical (unpaired) electrons. The maximum atomic E-state index is 13.6. The van der Waals surface area contributed by atoms with Crippen molar-refractivity contribution in [2.45, 2.75) is 72.3 Å².